The van der Waals surface area contributed by atoms with Crippen LogP contribution >= 0.6 is 0 Å². The van der Waals surface area contributed by atoms with Gasteiger partial charge in [0.2, 0.25) is 0 Å². The Morgan fingerprint density at radius 1 is 0.964 bits per heavy atom. The highest BCUT2D eigenvalue weighted by Crippen LogP contribution is 2.30. The van der Waals surface area contributed by atoms with Gasteiger partial charge in [-0.2, -0.15) is 5.26 Å². The maximum atomic E-state index is 9.07. The smallest absolute Gasteiger partial charge is 0.0991 e. The van der Waals surface area contributed by atoms with Crippen LogP contribution in [0.25, 0.3) is 16.7 Å². The maximum absolute atomic E-state index is 9.07. The molecule has 0 aliphatic heterocycles. The predicted octanol–water partition coefficient (Wildman–Crippen LogP) is 5.60. The van der Waals surface area contributed by atoms with Crippen molar-refractivity contribution in [1.29, 1.82) is 5.26 Å². The molecule has 0 amide bonds. The molecule has 0 aliphatic rings. The molecule has 0 aliphatic carbocycles. The van der Waals surface area contributed by atoms with Crippen LogP contribution < -0.4 is 10.6 Å². The molecule has 3 heteroatoms. The molecule has 3 nitrogen and oxygen atoms in total. The number of aryl methyl sites for hydroxylation is 1. The van der Waals surface area contributed by atoms with E-state index in [0.717, 1.165) is 22.5 Å². The van der Waals surface area contributed by atoms with Gasteiger partial charge in [0.25, 0.3) is 0 Å². The van der Waals surface area contributed by atoms with Gasteiger partial charge >= 0.3 is 0 Å². The molecule has 0 aromatic heterocycles. The summed E-state index contributed by atoms with van der Waals surface area (Å²) in [6.45, 7) is 4.91. The lowest BCUT2D eigenvalue weighted by Crippen LogP contribution is -2.13. The number of hydrogen-bond donors (Lipinski definition) is 2. The highest BCUT2D eigenvalue weighted by molar-refractivity contribution is 5.84. The fourth-order valence-corrected chi connectivity index (χ4v) is 3.25. The summed E-state index contributed by atoms with van der Waals surface area (Å²) in [6.07, 6.45) is 0. The van der Waals surface area contributed by atoms with Crippen LogP contribution in [0.15, 0.2) is 78.5 Å². The Morgan fingerprint density at radius 2 is 1.71 bits per heavy atom. The van der Waals surface area contributed by atoms with Gasteiger partial charge in [0, 0.05) is 25.0 Å². The Kier molecular flexibility index (Phi) is 6.14. The molecule has 3 rings (SSSR count). The zero-order valence-corrected chi connectivity index (χ0v) is 16.6. The molecular formula is C25H25N3. The summed E-state index contributed by atoms with van der Waals surface area (Å²) >= 11 is 0. The van der Waals surface area contributed by atoms with E-state index in [2.05, 4.69) is 79.1 Å². The number of allylic oxidation sites excluding steroid dienone is 1. The van der Waals surface area contributed by atoms with E-state index in [1.807, 2.05) is 31.3 Å². The molecule has 3 aromatic rings. The lowest BCUT2D eigenvalue weighted by molar-refractivity contribution is 0.986. The van der Waals surface area contributed by atoms with Crippen LogP contribution in [0.3, 0.4) is 0 Å². The van der Waals surface area contributed by atoms with Gasteiger partial charge in [-0.05, 0) is 65.9 Å². The molecule has 28 heavy (non-hydrogen) atoms. The quantitative estimate of drug-likeness (QED) is 0.596. The van der Waals surface area contributed by atoms with E-state index in [4.69, 9.17) is 5.26 Å². The summed E-state index contributed by atoms with van der Waals surface area (Å²) in [5.74, 6) is 0. The van der Waals surface area contributed by atoms with Gasteiger partial charge in [-0.25, -0.2) is 0 Å². The second kappa shape index (κ2) is 8.92. The third-order valence-electron chi connectivity index (χ3n) is 4.89. The fourth-order valence-electron chi connectivity index (χ4n) is 3.25. The number of nitriles is 1. The molecule has 0 bridgehead atoms. The molecule has 2 N–H and O–H groups in total. The summed E-state index contributed by atoms with van der Waals surface area (Å²) in [5.41, 5.74) is 8.79. The molecule has 0 fully saturated rings. The number of nitrogens with zero attached hydrogens (tertiary/aromatic N) is 1. The van der Waals surface area contributed by atoms with Crippen molar-refractivity contribution >= 4 is 11.3 Å². The first kappa shape index (κ1) is 19.3. The summed E-state index contributed by atoms with van der Waals surface area (Å²) in [5, 5.41) is 15.9. The molecular weight excluding hydrogens is 342 g/mol. The molecule has 0 heterocycles. The Morgan fingerprint density at radius 3 is 2.39 bits per heavy atom. The molecule has 140 valence electrons. The van der Waals surface area contributed by atoms with E-state index in [0.29, 0.717) is 12.1 Å². The molecule has 3 aromatic carbocycles. The molecule has 0 unspecified atom stereocenters. The van der Waals surface area contributed by atoms with Crippen molar-refractivity contribution in [2.24, 2.45) is 0 Å². The van der Waals surface area contributed by atoms with Crippen LogP contribution in [0.1, 0.15) is 23.6 Å². The van der Waals surface area contributed by atoms with E-state index in [1.54, 1.807) is 0 Å². The Bertz CT molecular complexity index is 1020. The van der Waals surface area contributed by atoms with E-state index in [9.17, 15) is 0 Å². The van der Waals surface area contributed by atoms with Gasteiger partial charge in [0.1, 0.15) is 0 Å². The maximum Gasteiger partial charge on any atom is 0.0991 e. The van der Waals surface area contributed by atoms with Crippen LogP contribution in [0, 0.1) is 18.3 Å². The molecule has 0 saturated carbocycles. The molecule has 0 saturated heterocycles. The Hall–Kier alpha value is -3.51. The van der Waals surface area contributed by atoms with Crippen molar-refractivity contribution in [1.82, 2.24) is 5.32 Å². The molecule has 0 spiro atoms. The van der Waals surface area contributed by atoms with Crippen molar-refractivity contribution in [3.8, 4) is 17.2 Å². The standard InChI is InChI=1S/C25H25N3/c1-18-7-6-8-22(15-18)28-17-25(19(2)27-3)24-10-5-4-9-23(24)21-13-11-20(16-26)12-14-21/h4-15,27-28H,17H2,1-3H3/b25-19+. The number of rotatable bonds is 6. The monoisotopic (exact) mass is 367 g/mol. The van der Waals surface area contributed by atoms with Gasteiger partial charge in [0.15, 0.2) is 0 Å². The van der Waals surface area contributed by atoms with Crippen molar-refractivity contribution in [2.75, 3.05) is 18.9 Å². The average molecular weight is 367 g/mol. The van der Waals surface area contributed by atoms with Gasteiger partial charge < -0.3 is 10.6 Å². The minimum atomic E-state index is 0.671. The minimum absolute atomic E-state index is 0.671. The van der Waals surface area contributed by atoms with Crippen molar-refractivity contribution in [3.63, 3.8) is 0 Å². The van der Waals surface area contributed by atoms with Gasteiger partial charge in [0.05, 0.1) is 11.6 Å². The van der Waals surface area contributed by atoms with E-state index in [1.165, 1.54) is 16.7 Å². The summed E-state index contributed by atoms with van der Waals surface area (Å²) in [4.78, 5) is 0. The van der Waals surface area contributed by atoms with E-state index < -0.39 is 0 Å². The number of anilines is 1. The van der Waals surface area contributed by atoms with Gasteiger partial charge in [-0.3, -0.25) is 0 Å². The number of benzene rings is 3. The van der Waals surface area contributed by atoms with Crippen LogP contribution in [0.4, 0.5) is 5.69 Å². The van der Waals surface area contributed by atoms with Crippen LogP contribution in [0.2, 0.25) is 0 Å². The Balaban J connectivity index is 1.98. The lowest BCUT2D eigenvalue weighted by Gasteiger charge is -2.18. The third-order valence-corrected chi connectivity index (χ3v) is 4.89. The fraction of sp³-hybridized carbons (Fsp3) is 0.160. The number of nitrogens with one attached hydrogen (secondary N) is 2. The van der Waals surface area contributed by atoms with Crippen LogP contribution in [-0.2, 0) is 0 Å². The SMILES string of the molecule is CN/C(C)=C(\CNc1cccc(C)c1)c1ccccc1-c1ccc(C#N)cc1. The van der Waals surface area contributed by atoms with Crippen molar-refractivity contribution in [3.05, 3.63) is 95.2 Å². The van der Waals surface area contributed by atoms with E-state index >= 15 is 0 Å². The zero-order chi connectivity index (χ0) is 19.9. The Labute approximate surface area is 167 Å². The van der Waals surface area contributed by atoms with Crippen molar-refractivity contribution in [2.45, 2.75) is 13.8 Å². The van der Waals surface area contributed by atoms with Gasteiger partial charge in [-0.1, -0.05) is 48.5 Å². The topological polar surface area (TPSA) is 47.8 Å². The third kappa shape index (κ3) is 4.42. The summed E-state index contributed by atoms with van der Waals surface area (Å²) in [6, 6.07) is 26.8. The first-order chi connectivity index (χ1) is 13.6. The minimum Gasteiger partial charge on any atom is -0.391 e. The first-order valence-corrected chi connectivity index (χ1v) is 9.40. The second-order valence-corrected chi connectivity index (χ2v) is 6.81. The second-order valence-electron chi connectivity index (χ2n) is 6.81. The van der Waals surface area contributed by atoms with Gasteiger partial charge in [-0.15, -0.1) is 0 Å². The van der Waals surface area contributed by atoms with Crippen molar-refractivity contribution < 1.29 is 0 Å². The highest BCUT2D eigenvalue weighted by atomic mass is 14.9. The first-order valence-electron chi connectivity index (χ1n) is 9.40. The van der Waals surface area contributed by atoms with E-state index in [-0.39, 0.29) is 0 Å². The highest BCUT2D eigenvalue weighted by Gasteiger charge is 2.12. The van der Waals surface area contributed by atoms with Crippen LogP contribution in [0.5, 0.6) is 0 Å². The van der Waals surface area contributed by atoms with Crippen LogP contribution in [-0.4, -0.2) is 13.6 Å². The lowest BCUT2D eigenvalue weighted by atomic mass is 9.93. The molecule has 0 atom stereocenters. The molecule has 0 radical (unpaired) electrons. The number of hydrogen-bond acceptors (Lipinski definition) is 3. The zero-order valence-electron chi connectivity index (χ0n) is 16.6. The predicted molar refractivity (Wildman–Crippen MR) is 118 cm³/mol. The largest absolute Gasteiger partial charge is 0.391 e. The average Bonchev–Trinajstić information content (AvgIpc) is 2.74. The normalized spacial score (nSPS) is 11.4. The summed E-state index contributed by atoms with van der Waals surface area (Å²) in [7, 11) is 1.95. The summed E-state index contributed by atoms with van der Waals surface area (Å²) < 4.78 is 0.